The summed E-state index contributed by atoms with van der Waals surface area (Å²) in [7, 11) is -2.41. The first-order valence-corrected chi connectivity index (χ1v) is 9.96. The number of benzene rings is 2. The minimum absolute atomic E-state index is 0.00382. The number of rotatable bonds is 6. The van der Waals surface area contributed by atoms with Gasteiger partial charge in [0.2, 0.25) is 15.9 Å². The van der Waals surface area contributed by atoms with E-state index in [9.17, 15) is 13.2 Å². The lowest BCUT2D eigenvalue weighted by Gasteiger charge is -2.20. The van der Waals surface area contributed by atoms with Crippen LogP contribution >= 0.6 is 0 Å². The molecule has 0 radical (unpaired) electrons. The van der Waals surface area contributed by atoms with Crippen LogP contribution in [0.1, 0.15) is 31.4 Å². The van der Waals surface area contributed by atoms with Crippen LogP contribution < -0.4 is 14.4 Å². The van der Waals surface area contributed by atoms with Crippen molar-refractivity contribution < 1.29 is 17.9 Å². The molecule has 1 aliphatic rings. The Morgan fingerprint density at radius 1 is 1.15 bits per heavy atom. The van der Waals surface area contributed by atoms with Crippen LogP contribution in [-0.2, 0) is 14.8 Å². The summed E-state index contributed by atoms with van der Waals surface area (Å²) in [5.74, 6) is 0.247. The van der Waals surface area contributed by atoms with Gasteiger partial charge in [-0.3, -0.25) is 4.79 Å². The number of sulfonamides is 1. The van der Waals surface area contributed by atoms with E-state index < -0.39 is 16.1 Å². The highest BCUT2D eigenvalue weighted by molar-refractivity contribution is 7.89. The molecule has 1 aliphatic heterocycles. The number of carbonyl (C=O) groups excluding carboxylic acids is 1. The van der Waals surface area contributed by atoms with Gasteiger partial charge in [0.1, 0.15) is 10.6 Å². The Labute approximate surface area is 153 Å². The number of nitrogens with one attached hydrogen (secondary N) is 1. The molecule has 0 saturated carbocycles. The highest BCUT2D eigenvalue weighted by Gasteiger charge is 2.27. The van der Waals surface area contributed by atoms with E-state index in [0.29, 0.717) is 18.7 Å². The van der Waals surface area contributed by atoms with Crippen LogP contribution in [0.3, 0.4) is 0 Å². The van der Waals surface area contributed by atoms with Gasteiger partial charge in [0.05, 0.1) is 7.11 Å². The van der Waals surface area contributed by atoms with Crippen LogP contribution in [0.4, 0.5) is 5.69 Å². The lowest BCUT2D eigenvalue weighted by atomic mass is 10.1. The van der Waals surface area contributed by atoms with Gasteiger partial charge in [-0.15, -0.1) is 0 Å². The Bertz CT molecular complexity index is 897. The summed E-state index contributed by atoms with van der Waals surface area (Å²) in [4.78, 5) is 13.6. The van der Waals surface area contributed by atoms with E-state index >= 15 is 0 Å². The molecule has 0 spiro atoms. The number of hydrogen-bond donors (Lipinski definition) is 1. The molecular formula is C19H22N2O4S. The lowest BCUT2D eigenvalue weighted by molar-refractivity contribution is -0.117. The number of nitrogens with zero attached hydrogens (tertiary/aromatic N) is 1. The van der Waals surface area contributed by atoms with Crippen molar-refractivity contribution in [2.24, 2.45) is 0 Å². The fraction of sp³-hybridized carbons (Fsp3) is 0.316. The summed E-state index contributed by atoms with van der Waals surface area (Å²) in [6.07, 6.45) is 1.26. The Kier molecular flexibility index (Phi) is 5.29. The molecule has 7 heteroatoms. The normalized spacial score (nSPS) is 15.9. The second kappa shape index (κ2) is 7.47. The van der Waals surface area contributed by atoms with Crippen molar-refractivity contribution in [2.45, 2.75) is 30.7 Å². The zero-order valence-corrected chi connectivity index (χ0v) is 15.6. The van der Waals surface area contributed by atoms with E-state index in [0.717, 1.165) is 12.0 Å². The fourth-order valence-electron chi connectivity index (χ4n) is 3.07. The molecule has 0 bridgehead atoms. The van der Waals surface area contributed by atoms with E-state index in [4.69, 9.17) is 4.74 Å². The summed E-state index contributed by atoms with van der Waals surface area (Å²) < 4.78 is 33.8. The van der Waals surface area contributed by atoms with Crippen LogP contribution in [-0.4, -0.2) is 28.0 Å². The minimum atomic E-state index is -3.83. The van der Waals surface area contributed by atoms with Crippen LogP contribution in [0.5, 0.6) is 5.75 Å². The quantitative estimate of drug-likeness (QED) is 0.844. The third-order valence-electron chi connectivity index (χ3n) is 4.45. The minimum Gasteiger partial charge on any atom is -0.495 e. The molecule has 1 saturated heterocycles. The van der Waals surface area contributed by atoms with Crippen molar-refractivity contribution in [1.29, 1.82) is 0 Å². The van der Waals surface area contributed by atoms with Gasteiger partial charge in [0, 0.05) is 24.7 Å². The molecule has 26 heavy (non-hydrogen) atoms. The maximum Gasteiger partial charge on any atom is 0.244 e. The number of anilines is 1. The van der Waals surface area contributed by atoms with E-state index in [1.165, 1.54) is 13.2 Å². The number of carbonyl (C=O) groups is 1. The summed E-state index contributed by atoms with van der Waals surface area (Å²) in [5.41, 5.74) is 1.43. The van der Waals surface area contributed by atoms with Crippen LogP contribution in [0, 0.1) is 0 Å². The monoisotopic (exact) mass is 374 g/mol. The largest absolute Gasteiger partial charge is 0.495 e. The Morgan fingerprint density at radius 2 is 1.88 bits per heavy atom. The third kappa shape index (κ3) is 3.73. The molecule has 1 unspecified atom stereocenters. The van der Waals surface area contributed by atoms with Crippen molar-refractivity contribution in [2.75, 3.05) is 18.6 Å². The molecule has 0 aromatic heterocycles. The molecule has 1 amide bonds. The smallest absolute Gasteiger partial charge is 0.244 e. The number of hydrogen-bond acceptors (Lipinski definition) is 4. The summed E-state index contributed by atoms with van der Waals surface area (Å²) >= 11 is 0. The molecular weight excluding hydrogens is 352 g/mol. The highest BCUT2D eigenvalue weighted by Crippen LogP contribution is 2.31. The zero-order valence-electron chi connectivity index (χ0n) is 14.8. The van der Waals surface area contributed by atoms with Gasteiger partial charge in [-0.2, -0.15) is 0 Å². The van der Waals surface area contributed by atoms with E-state index in [2.05, 4.69) is 4.72 Å². The summed E-state index contributed by atoms with van der Waals surface area (Å²) in [6, 6.07) is 13.7. The van der Waals surface area contributed by atoms with Crippen molar-refractivity contribution in [3.8, 4) is 5.75 Å². The average molecular weight is 374 g/mol. The SMILES string of the molecule is COc1ccc(N2CCCC2=O)cc1S(=O)(=O)NC(C)c1ccccc1. The molecule has 1 heterocycles. The standard InChI is InChI=1S/C19H22N2O4S/c1-14(15-7-4-3-5-8-15)20-26(23,24)18-13-16(10-11-17(18)25-2)21-12-6-9-19(21)22/h3-5,7-8,10-11,13-14,20H,6,9,12H2,1-2H3. The third-order valence-corrected chi connectivity index (χ3v) is 6.02. The Hall–Kier alpha value is -2.38. The van der Waals surface area contributed by atoms with Gasteiger partial charge in [-0.05, 0) is 37.1 Å². The summed E-state index contributed by atoms with van der Waals surface area (Å²) in [5, 5.41) is 0. The van der Waals surface area contributed by atoms with Gasteiger partial charge in [-0.25, -0.2) is 13.1 Å². The van der Waals surface area contributed by atoms with E-state index in [1.54, 1.807) is 24.0 Å². The maximum absolute atomic E-state index is 12.9. The molecule has 1 atom stereocenters. The van der Waals surface area contributed by atoms with Crippen LogP contribution in [0.15, 0.2) is 53.4 Å². The van der Waals surface area contributed by atoms with Crippen molar-refractivity contribution in [3.05, 3.63) is 54.1 Å². The first-order chi connectivity index (χ1) is 12.4. The number of methoxy groups -OCH3 is 1. The van der Waals surface area contributed by atoms with E-state index in [1.807, 2.05) is 30.3 Å². The predicted octanol–water partition coefficient (Wildman–Crippen LogP) is 2.86. The lowest BCUT2D eigenvalue weighted by Crippen LogP contribution is -2.28. The molecule has 0 aliphatic carbocycles. The second-order valence-corrected chi connectivity index (χ2v) is 7.92. The Balaban J connectivity index is 1.93. The first kappa shape index (κ1) is 18.4. The highest BCUT2D eigenvalue weighted by atomic mass is 32.2. The molecule has 138 valence electrons. The van der Waals surface area contributed by atoms with Crippen molar-refractivity contribution >= 4 is 21.6 Å². The number of amides is 1. The number of ether oxygens (including phenoxy) is 1. The molecule has 1 N–H and O–H groups in total. The van der Waals surface area contributed by atoms with Crippen molar-refractivity contribution in [3.63, 3.8) is 0 Å². The first-order valence-electron chi connectivity index (χ1n) is 8.48. The molecule has 3 rings (SSSR count). The van der Waals surface area contributed by atoms with Gasteiger partial charge in [0.15, 0.2) is 0 Å². The molecule has 1 fully saturated rings. The average Bonchev–Trinajstić information content (AvgIpc) is 3.07. The Morgan fingerprint density at radius 3 is 2.50 bits per heavy atom. The summed E-state index contributed by atoms with van der Waals surface area (Å²) in [6.45, 7) is 2.38. The second-order valence-electron chi connectivity index (χ2n) is 6.24. The van der Waals surface area contributed by atoms with Gasteiger partial charge >= 0.3 is 0 Å². The van der Waals surface area contributed by atoms with Crippen LogP contribution in [0.25, 0.3) is 0 Å². The molecule has 2 aromatic carbocycles. The van der Waals surface area contributed by atoms with Gasteiger partial charge in [-0.1, -0.05) is 30.3 Å². The molecule has 6 nitrogen and oxygen atoms in total. The maximum atomic E-state index is 12.9. The molecule has 2 aromatic rings. The van der Waals surface area contributed by atoms with Gasteiger partial charge in [0.25, 0.3) is 0 Å². The predicted molar refractivity (Wildman–Crippen MR) is 99.8 cm³/mol. The topological polar surface area (TPSA) is 75.7 Å². The van der Waals surface area contributed by atoms with Gasteiger partial charge < -0.3 is 9.64 Å². The van der Waals surface area contributed by atoms with Crippen LogP contribution in [0.2, 0.25) is 0 Å². The van der Waals surface area contributed by atoms with Crippen molar-refractivity contribution in [1.82, 2.24) is 4.72 Å². The van der Waals surface area contributed by atoms with E-state index in [-0.39, 0.29) is 16.6 Å². The zero-order chi connectivity index (χ0) is 18.7. The fourth-order valence-corrected chi connectivity index (χ4v) is 4.49.